The maximum atomic E-state index is 8.47. The Hall–Kier alpha value is -0.0800. The molecular formula is C79H174O2. The Labute approximate surface area is 522 Å². The summed E-state index contributed by atoms with van der Waals surface area (Å²) in [6.07, 6.45) is 64.5. The molecule has 0 aromatic carbocycles. The lowest BCUT2D eigenvalue weighted by molar-refractivity contribution is 0.189. The van der Waals surface area contributed by atoms with Gasteiger partial charge < -0.3 is 9.84 Å². The van der Waals surface area contributed by atoms with Crippen LogP contribution in [0.15, 0.2) is 0 Å². The second-order valence-electron chi connectivity index (χ2n) is 28.5. The molecule has 0 fully saturated rings. The van der Waals surface area contributed by atoms with E-state index in [2.05, 4.69) is 152 Å². The smallest absolute Gasteiger partial charge is 0.0462 e. The lowest BCUT2D eigenvalue weighted by atomic mass is 10.0. The predicted octanol–water partition coefficient (Wildman–Crippen LogP) is 29.8. The van der Waals surface area contributed by atoms with E-state index in [0.717, 1.165) is 60.4 Å². The molecule has 0 aromatic heterocycles. The number of rotatable bonds is 49. The third kappa shape index (κ3) is 150. The largest absolute Gasteiger partial charge is 0.396 e. The summed E-state index contributed by atoms with van der Waals surface area (Å²) < 4.78 is 4.89. The van der Waals surface area contributed by atoms with E-state index in [0.29, 0.717) is 6.61 Å². The van der Waals surface area contributed by atoms with Crippen LogP contribution < -0.4 is 0 Å². The van der Waals surface area contributed by atoms with Gasteiger partial charge in [-0.05, 0) is 66.6 Å². The zero-order chi connectivity index (χ0) is 63.3. The molecule has 0 radical (unpaired) electrons. The molecule has 0 heterocycles. The molecule has 502 valence electrons. The van der Waals surface area contributed by atoms with Crippen molar-refractivity contribution in [1.29, 1.82) is 0 Å². The fourth-order valence-electron chi connectivity index (χ4n) is 9.09. The first-order chi connectivity index (χ1) is 38.7. The van der Waals surface area contributed by atoms with Crippen LogP contribution >= 0.6 is 0 Å². The normalized spacial score (nSPS) is 10.8. The summed E-state index contributed by atoms with van der Waals surface area (Å²) in [7, 11) is 1.75. The number of aliphatic hydroxyl groups is 1. The highest BCUT2D eigenvalue weighted by atomic mass is 16.5. The van der Waals surface area contributed by atoms with E-state index in [1.165, 1.54) is 289 Å². The first-order valence-corrected chi connectivity index (χ1v) is 37.8. The maximum Gasteiger partial charge on any atom is 0.0462 e. The number of ether oxygens (including phenoxy) is 1. The number of hydrogen-bond acceptors (Lipinski definition) is 2. The van der Waals surface area contributed by atoms with Crippen LogP contribution in [0.25, 0.3) is 0 Å². The molecule has 0 saturated carbocycles. The monoisotopic (exact) mass is 1160 g/mol. The molecule has 0 aliphatic carbocycles. The van der Waals surface area contributed by atoms with Crippen molar-refractivity contribution >= 4 is 0 Å². The van der Waals surface area contributed by atoms with Crippen molar-refractivity contribution in [1.82, 2.24) is 0 Å². The SMILES string of the molecule is CC(C)CCCCCCO.CCCCC(C)C.CCCCC(C)C.CCCCCCCC(C)C.CCCCCCCCC(C)C.CCCCCCCCCC(C)C.CCCCCCCCCCCCCC(C)C.COCCCC(C)C. The van der Waals surface area contributed by atoms with Crippen molar-refractivity contribution in [2.24, 2.45) is 47.3 Å². The Morgan fingerprint density at radius 1 is 0.198 bits per heavy atom. The van der Waals surface area contributed by atoms with Crippen LogP contribution in [0.4, 0.5) is 0 Å². The Bertz CT molecular complexity index is 871. The summed E-state index contributed by atoms with van der Waals surface area (Å²) in [4.78, 5) is 0. The van der Waals surface area contributed by atoms with Gasteiger partial charge in [-0.1, -0.05) is 428 Å². The molecule has 0 atom stereocenters. The number of unbranched alkanes of at least 4 members (excludes halogenated alkanes) is 30. The molecule has 0 rings (SSSR count). The first kappa shape index (κ1) is 97.2. The highest BCUT2D eigenvalue weighted by Gasteiger charge is 1.99. The molecule has 2 heteroatoms. The van der Waals surface area contributed by atoms with Crippen molar-refractivity contribution in [3.8, 4) is 0 Å². The van der Waals surface area contributed by atoms with Crippen LogP contribution in [0.5, 0.6) is 0 Å². The molecule has 0 aliphatic rings. The average Bonchev–Trinajstić information content (AvgIpc) is 3.40. The molecule has 0 aliphatic heterocycles. The molecule has 81 heavy (non-hydrogen) atoms. The van der Waals surface area contributed by atoms with E-state index < -0.39 is 0 Å². The summed E-state index contributed by atoms with van der Waals surface area (Å²) in [5.74, 6) is 7.08. The second kappa shape index (κ2) is 93.6. The Morgan fingerprint density at radius 2 is 0.346 bits per heavy atom. The molecule has 0 aromatic rings. The third-order valence-electron chi connectivity index (χ3n) is 14.9. The molecule has 0 saturated heterocycles. The quantitative estimate of drug-likeness (QED) is 0.0615. The highest BCUT2D eigenvalue weighted by molar-refractivity contribution is 4.53. The van der Waals surface area contributed by atoms with Gasteiger partial charge in [0.1, 0.15) is 0 Å². The van der Waals surface area contributed by atoms with Gasteiger partial charge in [0.2, 0.25) is 0 Å². The fraction of sp³-hybridized carbons (Fsp3) is 1.00. The van der Waals surface area contributed by atoms with Gasteiger partial charge in [0.05, 0.1) is 0 Å². The van der Waals surface area contributed by atoms with E-state index in [1.54, 1.807) is 7.11 Å². The van der Waals surface area contributed by atoms with Crippen molar-refractivity contribution in [2.75, 3.05) is 20.3 Å². The van der Waals surface area contributed by atoms with Gasteiger partial charge in [-0.2, -0.15) is 0 Å². The lowest BCUT2D eigenvalue weighted by Gasteiger charge is -2.04. The number of methoxy groups -OCH3 is 1. The van der Waals surface area contributed by atoms with E-state index in [1.807, 2.05) is 0 Å². The van der Waals surface area contributed by atoms with Gasteiger partial charge in [-0.15, -0.1) is 0 Å². The fourth-order valence-corrected chi connectivity index (χ4v) is 9.09. The first-order valence-electron chi connectivity index (χ1n) is 37.8. The summed E-state index contributed by atoms with van der Waals surface area (Å²) in [5, 5.41) is 8.47. The van der Waals surface area contributed by atoms with Gasteiger partial charge >= 0.3 is 0 Å². The van der Waals surface area contributed by atoms with Crippen LogP contribution in [0.3, 0.4) is 0 Å². The van der Waals surface area contributed by atoms with Gasteiger partial charge in [0.15, 0.2) is 0 Å². The van der Waals surface area contributed by atoms with Crippen LogP contribution in [0.2, 0.25) is 0 Å². The van der Waals surface area contributed by atoms with Crippen LogP contribution in [0.1, 0.15) is 448 Å². The lowest BCUT2D eigenvalue weighted by Crippen LogP contribution is -1.92. The van der Waals surface area contributed by atoms with Gasteiger partial charge in [0, 0.05) is 20.3 Å². The van der Waals surface area contributed by atoms with Gasteiger partial charge in [-0.3, -0.25) is 0 Å². The van der Waals surface area contributed by atoms with Crippen LogP contribution in [0, 0.1) is 47.3 Å². The minimum Gasteiger partial charge on any atom is -0.396 e. The third-order valence-corrected chi connectivity index (χ3v) is 14.9. The average molecular weight is 1160 g/mol. The van der Waals surface area contributed by atoms with Gasteiger partial charge in [0.25, 0.3) is 0 Å². The van der Waals surface area contributed by atoms with Crippen LogP contribution in [-0.2, 0) is 4.74 Å². The van der Waals surface area contributed by atoms with Crippen molar-refractivity contribution < 1.29 is 9.84 Å². The standard InChI is InChI=1S/C16H34.C12H26.C11H24.C10H22.C9H20O.C7H16O.2C7H16/c1-4-5-6-7-8-9-10-11-12-13-14-15-16(2)3;1-4-5-6-7-8-9-10-11-12(2)3;1-4-5-6-7-8-9-10-11(2)3;1-4-5-6-7-8-9-10(2)3;1-9(2)7-5-3-4-6-8-10;1-7(2)5-4-6-8-3;2*1-4-5-6-7(2)3/h16H,4-15H2,1-3H3;12H,4-11H2,1-3H3;11H,4-10H2,1-3H3;10H,4-9H2,1-3H3;9-10H,3-8H2,1-2H3;7H,4-6H2,1-3H3;2*7H,4-6H2,1-3H3. The van der Waals surface area contributed by atoms with E-state index in [-0.39, 0.29) is 0 Å². The van der Waals surface area contributed by atoms with E-state index in [4.69, 9.17) is 9.84 Å². The van der Waals surface area contributed by atoms with Crippen molar-refractivity contribution in [3.63, 3.8) is 0 Å². The Balaban J connectivity index is -0.000000127. The zero-order valence-electron chi connectivity index (χ0n) is 62.4. The molecule has 2 nitrogen and oxygen atoms in total. The maximum absolute atomic E-state index is 8.47. The molecule has 0 unspecified atom stereocenters. The highest BCUT2D eigenvalue weighted by Crippen LogP contribution is 2.16. The Morgan fingerprint density at radius 3 is 0.494 bits per heavy atom. The second-order valence-corrected chi connectivity index (χ2v) is 28.5. The Kier molecular flexibility index (Phi) is 112. The minimum atomic E-state index is 0.363. The summed E-state index contributed by atoms with van der Waals surface area (Å²) >= 11 is 0. The van der Waals surface area contributed by atoms with Gasteiger partial charge in [-0.25, -0.2) is 0 Å². The predicted molar refractivity (Wildman–Crippen MR) is 384 cm³/mol. The van der Waals surface area contributed by atoms with Crippen molar-refractivity contribution in [2.45, 2.75) is 448 Å². The number of aliphatic hydroxyl groups excluding tert-OH is 1. The van der Waals surface area contributed by atoms with E-state index >= 15 is 0 Å². The number of hydrogen-bond donors (Lipinski definition) is 1. The topological polar surface area (TPSA) is 29.5 Å². The molecule has 0 bridgehead atoms. The summed E-state index contributed by atoms with van der Waals surface area (Å²) in [5.41, 5.74) is 0. The summed E-state index contributed by atoms with van der Waals surface area (Å²) in [6.45, 7) is 51.5. The molecule has 0 amide bonds. The van der Waals surface area contributed by atoms with E-state index in [9.17, 15) is 0 Å². The minimum absolute atomic E-state index is 0.363. The zero-order valence-corrected chi connectivity index (χ0v) is 62.4. The van der Waals surface area contributed by atoms with Crippen LogP contribution in [-0.4, -0.2) is 25.4 Å². The summed E-state index contributed by atoms with van der Waals surface area (Å²) in [6, 6.07) is 0. The molecule has 0 spiro atoms. The molecule has 1 N–H and O–H groups in total. The van der Waals surface area contributed by atoms with Crippen molar-refractivity contribution in [3.05, 3.63) is 0 Å². The molecular weight excluding hydrogens is 981 g/mol.